The van der Waals surface area contributed by atoms with Gasteiger partial charge in [0.15, 0.2) is 15.8 Å². The van der Waals surface area contributed by atoms with E-state index in [0.29, 0.717) is 36.9 Å². The number of rotatable bonds is 8. The number of nitrogens with one attached hydrogen (secondary N) is 3. The van der Waals surface area contributed by atoms with Crippen LogP contribution in [0.15, 0.2) is 34.2 Å². The van der Waals surface area contributed by atoms with E-state index in [9.17, 15) is 13.2 Å². The van der Waals surface area contributed by atoms with Crippen molar-refractivity contribution in [2.75, 3.05) is 25.9 Å². The van der Waals surface area contributed by atoms with Crippen molar-refractivity contribution in [1.82, 2.24) is 16.0 Å². The van der Waals surface area contributed by atoms with Gasteiger partial charge in [-0.1, -0.05) is 12.1 Å². The van der Waals surface area contributed by atoms with E-state index in [-0.39, 0.29) is 24.0 Å². The van der Waals surface area contributed by atoms with Gasteiger partial charge in [0.2, 0.25) is 0 Å². The fourth-order valence-corrected chi connectivity index (χ4v) is 2.78. The quantitative estimate of drug-likeness (QED) is 0.203. The van der Waals surface area contributed by atoms with Crippen LogP contribution in [0.2, 0.25) is 0 Å². The second-order valence-corrected chi connectivity index (χ2v) is 9.34. The first-order chi connectivity index (χ1) is 13.0. The molecule has 29 heavy (non-hydrogen) atoms. The standard InChI is InChI=1S/C19H32N4O4S.HI/c1-6-20-17(21-12-7-13-22-18(24)27-19(2,3)4)23-14-15-8-10-16(11-9-15)28(5,25)26;/h8-11H,6-7,12-14H2,1-5H3,(H,22,24)(H2,20,21,23);1H. The molecule has 0 aromatic heterocycles. The first kappa shape index (κ1) is 27.4. The monoisotopic (exact) mass is 540 g/mol. The van der Waals surface area contributed by atoms with E-state index in [2.05, 4.69) is 20.9 Å². The molecular weight excluding hydrogens is 507 g/mol. The van der Waals surface area contributed by atoms with Crippen molar-refractivity contribution in [1.29, 1.82) is 0 Å². The molecule has 0 aliphatic heterocycles. The zero-order valence-corrected chi connectivity index (χ0v) is 20.9. The summed E-state index contributed by atoms with van der Waals surface area (Å²) in [7, 11) is -3.19. The molecule has 166 valence electrons. The number of guanidine groups is 1. The van der Waals surface area contributed by atoms with Gasteiger partial charge in [-0.15, -0.1) is 24.0 Å². The summed E-state index contributed by atoms with van der Waals surface area (Å²) in [6.45, 7) is 9.71. The van der Waals surface area contributed by atoms with Crippen LogP contribution in [0.3, 0.4) is 0 Å². The molecule has 0 bridgehead atoms. The van der Waals surface area contributed by atoms with Crippen molar-refractivity contribution in [3.05, 3.63) is 29.8 Å². The zero-order valence-electron chi connectivity index (χ0n) is 17.7. The van der Waals surface area contributed by atoms with Gasteiger partial charge in [-0.05, 0) is 51.8 Å². The SMILES string of the molecule is CCNC(=NCc1ccc(S(C)(=O)=O)cc1)NCCCNC(=O)OC(C)(C)C.I. The van der Waals surface area contributed by atoms with Crippen LogP contribution in [-0.4, -0.2) is 52.0 Å². The molecule has 10 heteroatoms. The van der Waals surface area contributed by atoms with Gasteiger partial charge in [-0.2, -0.15) is 0 Å². The van der Waals surface area contributed by atoms with Crippen molar-refractivity contribution >= 4 is 45.9 Å². The average Bonchev–Trinajstić information content (AvgIpc) is 2.57. The number of benzene rings is 1. The first-order valence-electron chi connectivity index (χ1n) is 9.29. The largest absolute Gasteiger partial charge is 0.444 e. The van der Waals surface area contributed by atoms with Crippen LogP contribution in [0.1, 0.15) is 39.7 Å². The molecular formula is C19H33IN4O4S. The van der Waals surface area contributed by atoms with E-state index >= 15 is 0 Å². The smallest absolute Gasteiger partial charge is 0.407 e. The summed E-state index contributed by atoms with van der Waals surface area (Å²) in [5, 5.41) is 9.06. The number of aliphatic imine (C=N–C) groups is 1. The van der Waals surface area contributed by atoms with Gasteiger partial charge in [0.1, 0.15) is 5.60 Å². The molecule has 1 amide bonds. The third kappa shape index (κ3) is 12.6. The molecule has 1 aromatic carbocycles. The van der Waals surface area contributed by atoms with Gasteiger partial charge in [0, 0.05) is 25.9 Å². The molecule has 0 spiro atoms. The van der Waals surface area contributed by atoms with Crippen molar-refractivity contribution in [3.8, 4) is 0 Å². The van der Waals surface area contributed by atoms with E-state index in [1.54, 1.807) is 24.3 Å². The Labute approximate surface area is 191 Å². The van der Waals surface area contributed by atoms with E-state index < -0.39 is 21.5 Å². The zero-order chi connectivity index (χ0) is 21.2. The number of amides is 1. The molecule has 0 saturated heterocycles. The number of hydrogen-bond acceptors (Lipinski definition) is 5. The first-order valence-corrected chi connectivity index (χ1v) is 11.2. The summed E-state index contributed by atoms with van der Waals surface area (Å²) in [4.78, 5) is 16.4. The van der Waals surface area contributed by atoms with Crippen LogP contribution < -0.4 is 16.0 Å². The molecule has 0 unspecified atom stereocenters. The average molecular weight is 540 g/mol. The molecule has 0 atom stereocenters. The number of carbonyl (C=O) groups excluding carboxylic acids is 1. The molecule has 0 radical (unpaired) electrons. The minimum atomic E-state index is -3.19. The second kappa shape index (κ2) is 12.9. The molecule has 1 rings (SSSR count). The fraction of sp³-hybridized carbons (Fsp3) is 0.579. The third-order valence-corrected chi connectivity index (χ3v) is 4.56. The van der Waals surface area contributed by atoms with Crippen LogP contribution in [0.25, 0.3) is 0 Å². The van der Waals surface area contributed by atoms with E-state index in [1.165, 1.54) is 6.26 Å². The summed E-state index contributed by atoms with van der Waals surface area (Å²) in [5.74, 6) is 0.659. The predicted molar refractivity (Wildman–Crippen MR) is 127 cm³/mol. The van der Waals surface area contributed by atoms with Gasteiger partial charge in [-0.3, -0.25) is 0 Å². The van der Waals surface area contributed by atoms with Gasteiger partial charge >= 0.3 is 6.09 Å². The number of nitrogens with zero attached hydrogens (tertiary/aromatic N) is 1. The van der Waals surface area contributed by atoms with Gasteiger partial charge in [0.05, 0.1) is 11.4 Å². The number of halogens is 1. The Morgan fingerprint density at radius 2 is 1.66 bits per heavy atom. The summed E-state index contributed by atoms with van der Waals surface area (Å²) in [6, 6.07) is 6.69. The van der Waals surface area contributed by atoms with Gasteiger partial charge < -0.3 is 20.7 Å². The van der Waals surface area contributed by atoms with Crippen LogP contribution >= 0.6 is 24.0 Å². The van der Waals surface area contributed by atoms with Gasteiger partial charge in [0.25, 0.3) is 0 Å². The number of carbonyl (C=O) groups is 1. The van der Waals surface area contributed by atoms with Crippen molar-refractivity contribution in [2.45, 2.75) is 51.2 Å². The third-order valence-electron chi connectivity index (χ3n) is 3.43. The summed E-state index contributed by atoms with van der Waals surface area (Å²) >= 11 is 0. The lowest BCUT2D eigenvalue weighted by molar-refractivity contribution is 0.0527. The lowest BCUT2D eigenvalue weighted by atomic mass is 10.2. The fourth-order valence-electron chi connectivity index (χ4n) is 2.15. The van der Waals surface area contributed by atoms with Crippen molar-refractivity contribution < 1.29 is 17.9 Å². The minimum absolute atomic E-state index is 0. The van der Waals surface area contributed by atoms with Crippen LogP contribution in [0.5, 0.6) is 0 Å². The Kier molecular flexibility index (Phi) is 12.2. The Hall–Kier alpha value is -1.56. The Bertz CT molecular complexity index is 759. The summed E-state index contributed by atoms with van der Waals surface area (Å²) < 4.78 is 28.2. The highest BCUT2D eigenvalue weighted by molar-refractivity contribution is 14.0. The van der Waals surface area contributed by atoms with E-state index in [1.807, 2.05) is 27.7 Å². The Morgan fingerprint density at radius 1 is 1.07 bits per heavy atom. The molecule has 1 aromatic rings. The normalized spacial score (nSPS) is 12.0. The maximum Gasteiger partial charge on any atom is 0.407 e. The van der Waals surface area contributed by atoms with Crippen LogP contribution in [0, 0.1) is 0 Å². The maximum atomic E-state index is 11.6. The summed E-state index contributed by atoms with van der Waals surface area (Å²) in [5.41, 5.74) is 0.406. The molecule has 0 aliphatic rings. The summed E-state index contributed by atoms with van der Waals surface area (Å²) in [6.07, 6.45) is 1.48. The molecule has 3 N–H and O–H groups in total. The minimum Gasteiger partial charge on any atom is -0.444 e. The van der Waals surface area contributed by atoms with E-state index in [4.69, 9.17) is 4.74 Å². The maximum absolute atomic E-state index is 11.6. The van der Waals surface area contributed by atoms with Gasteiger partial charge in [-0.25, -0.2) is 18.2 Å². The molecule has 0 fully saturated rings. The Morgan fingerprint density at radius 3 is 2.17 bits per heavy atom. The van der Waals surface area contributed by atoms with Crippen LogP contribution in [0.4, 0.5) is 4.79 Å². The number of sulfone groups is 1. The highest BCUT2D eigenvalue weighted by Crippen LogP contribution is 2.11. The highest BCUT2D eigenvalue weighted by Gasteiger charge is 2.15. The number of ether oxygens (including phenoxy) is 1. The molecule has 0 saturated carbocycles. The highest BCUT2D eigenvalue weighted by atomic mass is 127. The molecule has 0 aliphatic carbocycles. The topological polar surface area (TPSA) is 109 Å². The number of hydrogen-bond donors (Lipinski definition) is 3. The predicted octanol–water partition coefficient (Wildman–Crippen LogP) is 2.68. The van der Waals surface area contributed by atoms with E-state index in [0.717, 1.165) is 12.1 Å². The second-order valence-electron chi connectivity index (χ2n) is 7.32. The van der Waals surface area contributed by atoms with Crippen molar-refractivity contribution in [2.24, 2.45) is 4.99 Å². The Balaban J connectivity index is 0.00000784. The lowest BCUT2D eigenvalue weighted by Gasteiger charge is -2.19. The molecule has 0 heterocycles. The number of alkyl carbamates (subject to hydrolysis) is 1. The van der Waals surface area contributed by atoms with Crippen LogP contribution in [-0.2, 0) is 21.1 Å². The lowest BCUT2D eigenvalue weighted by Crippen LogP contribution is -2.39. The van der Waals surface area contributed by atoms with Crippen molar-refractivity contribution in [3.63, 3.8) is 0 Å². The molecule has 8 nitrogen and oxygen atoms in total.